The van der Waals surface area contributed by atoms with E-state index in [1.54, 1.807) is 0 Å². The lowest BCUT2D eigenvalue weighted by molar-refractivity contribution is 0.437. The summed E-state index contributed by atoms with van der Waals surface area (Å²) >= 11 is 0. The average Bonchev–Trinajstić information content (AvgIpc) is 2.28. The summed E-state index contributed by atoms with van der Waals surface area (Å²) in [6, 6.07) is 7.51. The molecule has 6 heteroatoms. The minimum atomic E-state index is -3.11. The first-order chi connectivity index (χ1) is 8.34. The molecule has 0 aliphatic heterocycles. The van der Waals surface area contributed by atoms with Crippen LogP contribution in [-0.4, -0.2) is 45.7 Å². The van der Waals surface area contributed by atoms with Crippen LogP contribution in [-0.2, 0) is 10.0 Å². The van der Waals surface area contributed by atoms with Crippen molar-refractivity contribution in [2.45, 2.75) is 6.92 Å². The van der Waals surface area contributed by atoms with Gasteiger partial charge in [0.15, 0.2) is 0 Å². The van der Waals surface area contributed by atoms with Crippen LogP contribution in [0.25, 0.3) is 0 Å². The summed E-state index contributed by atoms with van der Waals surface area (Å²) in [4.78, 5) is 2.01. The minimum Gasteiger partial charge on any atom is -0.399 e. The zero-order valence-electron chi connectivity index (χ0n) is 11.1. The Balaban J connectivity index is 2.60. The van der Waals surface area contributed by atoms with Gasteiger partial charge in [-0.2, -0.15) is 0 Å². The first-order valence-corrected chi connectivity index (χ1v) is 7.71. The Hall–Kier alpha value is -1.27. The quantitative estimate of drug-likeness (QED) is 0.783. The lowest BCUT2D eigenvalue weighted by Crippen LogP contribution is -2.36. The molecule has 0 aliphatic carbocycles. The second-order valence-corrected chi connectivity index (χ2v) is 6.25. The summed E-state index contributed by atoms with van der Waals surface area (Å²) in [5, 5.41) is 0. The number of nitrogen functional groups attached to an aromatic ring is 1. The zero-order valence-corrected chi connectivity index (χ0v) is 11.9. The van der Waals surface area contributed by atoms with Crippen molar-refractivity contribution < 1.29 is 8.42 Å². The maximum absolute atomic E-state index is 11.4. The Morgan fingerprint density at radius 1 is 1.17 bits per heavy atom. The van der Waals surface area contributed by atoms with E-state index in [-0.39, 0.29) is 0 Å². The molecule has 0 spiro atoms. The first-order valence-electron chi connectivity index (χ1n) is 5.86. The fourth-order valence-corrected chi connectivity index (χ4v) is 2.56. The van der Waals surface area contributed by atoms with Gasteiger partial charge in [0.1, 0.15) is 0 Å². The molecule has 1 aromatic carbocycles. The van der Waals surface area contributed by atoms with Crippen molar-refractivity contribution in [3.05, 3.63) is 24.3 Å². The summed E-state index contributed by atoms with van der Waals surface area (Å²) in [5.41, 5.74) is 7.36. The topological polar surface area (TPSA) is 66.6 Å². The van der Waals surface area contributed by atoms with Crippen LogP contribution in [0.3, 0.4) is 0 Å². The molecule has 18 heavy (non-hydrogen) atoms. The Morgan fingerprint density at radius 3 is 2.17 bits per heavy atom. The molecule has 0 radical (unpaired) electrons. The van der Waals surface area contributed by atoms with Gasteiger partial charge in [0.05, 0.1) is 6.26 Å². The molecule has 0 atom stereocenters. The van der Waals surface area contributed by atoms with Crippen LogP contribution in [0.5, 0.6) is 0 Å². The van der Waals surface area contributed by atoms with Gasteiger partial charge in [-0.05, 0) is 24.3 Å². The number of nitrogens with two attached hydrogens (primary N) is 1. The van der Waals surface area contributed by atoms with Gasteiger partial charge in [0.25, 0.3) is 0 Å². The molecular formula is C12H21N3O2S. The highest BCUT2D eigenvalue weighted by atomic mass is 32.2. The van der Waals surface area contributed by atoms with Crippen LogP contribution in [0.2, 0.25) is 0 Å². The van der Waals surface area contributed by atoms with E-state index >= 15 is 0 Å². The van der Waals surface area contributed by atoms with Gasteiger partial charge in [0, 0.05) is 38.1 Å². The fourth-order valence-electron chi connectivity index (χ4n) is 1.68. The molecule has 102 valence electrons. The van der Waals surface area contributed by atoms with Gasteiger partial charge in [-0.1, -0.05) is 6.92 Å². The van der Waals surface area contributed by atoms with Crippen LogP contribution < -0.4 is 10.6 Å². The van der Waals surface area contributed by atoms with E-state index in [2.05, 4.69) is 0 Å². The van der Waals surface area contributed by atoms with Crippen LogP contribution >= 0.6 is 0 Å². The second-order valence-electron chi connectivity index (χ2n) is 4.27. The number of hydrogen-bond donors (Lipinski definition) is 1. The predicted octanol–water partition coefficient (Wildman–Crippen LogP) is 0.987. The molecule has 0 saturated carbocycles. The summed E-state index contributed by atoms with van der Waals surface area (Å²) in [7, 11) is -1.18. The SMILES string of the molecule is CCN(CCN(C)c1ccc(N)cc1)S(C)(=O)=O. The molecular weight excluding hydrogens is 250 g/mol. The monoisotopic (exact) mass is 271 g/mol. The molecule has 0 heterocycles. The number of benzene rings is 1. The third-order valence-electron chi connectivity index (χ3n) is 2.84. The molecule has 0 bridgehead atoms. The van der Waals surface area contributed by atoms with Crippen LogP contribution in [0.1, 0.15) is 6.92 Å². The predicted molar refractivity (Wildman–Crippen MR) is 76.2 cm³/mol. The Kier molecular flexibility index (Phi) is 4.98. The van der Waals surface area contributed by atoms with Crippen LogP contribution in [0, 0.1) is 0 Å². The summed E-state index contributed by atoms with van der Waals surface area (Å²) < 4.78 is 24.4. The van der Waals surface area contributed by atoms with Crippen molar-refractivity contribution in [2.24, 2.45) is 0 Å². The van der Waals surface area contributed by atoms with Gasteiger partial charge in [-0.15, -0.1) is 0 Å². The highest BCUT2D eigenvalue weighted by molar-refractivity contribution is 7.88. The minimum absolute atomic E-state index is 0.482. The molecule has 0 aromatic heterocycles. The van der Waals surface area contributed by atoms with Crippen molar-refractivity contribution >= 4 is 21.4 Å². The molecule has 1 rings (SSSR count). The maximum atomic E-state index is 11.4. The highest BCUT2D eigenvalue weighted by Crippen LogP contribution is 2.14. The average molecular weight is 271 g/mol. The lowest BCUT2D eigenvalue weighted by atomic mass is 10.2. The van der Waals surface area contributed by atoms with Crippen molar-refractivity contribution in [3.63, 3.8) is 0 Å². The smallest absolute Gasteiger partial charge is 0.211 e. The van der Waals surface area contributed by atoms with Crippen molar-refractivity contribution in [1.29, 1.82) is 0 Å². The summed E-state index contributed by atoms with van der Waals surface area (Å²) in [5.74, 6) is 0. The van der Waals surface area contributed by atoms with E-state index in [1.165, 1.54) is 10.6 Å². The van der Waals surface area contributed by atoms with E-state index in [0.717, 1.165) is 11.4 Å². The van der Waals surface area contributed by atoms with Crippen molar-refractivity contribution in [3.8, 4) is 0 Å². The summed E-state index contributed by atoms with van der Waals surface area (Å²) in [6.45, 7) is 3.46. The zero-order chi connectivity index (χ0) is 13.8. The van der Waals surface area contributed by atoms with Gasteiger partial charge in [-0.3, -0.25) is 0 Å². The van der Waals surface area contributed by atoms with Crippen LogP contribution in [0.4, 0.5) is 11.4 Å². The van der Waals surface area contributed by atoms with Crippen molar-refractivity contribution in [2.75, 3.05) is 43.6 Å². The van der Waals surface area contributed by atoms with Crippen molar-refractivity contribution in [1.82, 2.24) is 4.31 Å². The van der Waals surface area contributed by atoms with E-state index in [4.69, 9.17) is 5.73 Å². The third kappa shape index (κ3) is 4.19. The molecule has 0 aliphatic rings. The molecule has 2 N–H and O–H groups in total. The lowest BCUT2D eigenvalue weighted by Gasteiger charge is -2.24. The second kappa shape index (κ2) is 6.06. The number of anilines is 2. The number of sulfonamides is 1. The summed E-state index contributed by atoms with van der Waals surface area (Å²) in [6.07, 6.45) is 1.24. The molecule has 1 aromatic rings. The largest absolute Gasteiger partial charge is 0.399 e. The van der Waals surface area contributed by atoms with Gasteiger partial charge in [0.2, 0.25) is 10.0 Å². The molecule has 0 saturated heterocycles. The van der Waals surface area contributed by atoms with Gasteiger partial charge < -0.3 is 10.6 Å². The van der Waals surface area contributed by atoms with Gasteiger partial charge >= 0.3 is 0 Å². The molecule has 0 fully saturated rings. The first kappa shape index (κ1) is 14.8. The number of hydrogen-bond acceptors (Lipinski definition) is 4. The Labute approximate surface area is 109 Å². The van der Waals surface area contributed by atoms with E-state index in [9.17, 15) is 8.42 Å². The Bertz CT molecular complexity index is 471. The number of likely N-dealkylation sites (N-methyl/N-ethyl adjacent to an activating group) is 2. The molecule has 0 amide bonds. The molecule has 5 nitrogen and oxygen atoms in total. The standard InChI is InChI=1S/C12H21N3O2S/c1-4-15(18(3,16)17)10-9-14(2)12-7-5-11(13)6-8-12/h5-8H,4,9-10,13H2,1-3H3. The normalized spacial score (nSPS) is 11.8. The maximum Gasteiger partial charge on any atom is 0.211 e. The van der Waals surface area contributed by atoms with Gasteiger partial charge in [-0.25, -0.2) is 12.7 Å². The van der Waals surface area contributed by atoms with Crippen LogP contribution in [0.15, 0.2) is 24.3 Å². The Morgan fingerprint density at radius 2 is 1.72 bits per heavy atom. The van der Waals surface area contributed by atoms with E-state index in [1.807, 2.05) is 43.1 Å². The molecule has 0 unspecified atom stereocenters. The number of rotatable bonds is 6. The highest BCUT2D eigenvalue weighted by Gasteiger charge is 2.14. The third-order valence-corrected chi connectivity index (χ3v) is 4.22. The van der Waals surface area contributed by atoms with E-state index < -0.39 is 10.0 Å². The fraction of sp³-hybridized carbons (Fsp3) is 0.500. The number of nitrogens with zero attached hydrogens (tertiary/aromatic N) is 2. The van der Waals surface area contributed by atoms with E-state index in [0.29, 0.717) is 19.6 Å².